The highest BCUT2D eigenvalue weighted by atomic mass is 19.2. The van der Waals surface area contributed by atoms with E-state index >= 15 is 0 Å². The zero-order chi connectivity index (χ0) is 20.4. The predicted molar refractivity (Wildman–Crippen MR) is 103 cm³/mol. The van der Waals surface area contributed by atoms with Gasteiger partial charge in [0.15, 0.2) is 11.6 Å². The molecule has 1 saturated heterocycles. The second-order valence-electron chi connectivity index (χ2n) is 7.14. The SMILES string of the molecule is O=C(Nc1ccc(F)c(F)c1)c1cccc2c1OCCC2NC(=O)N1CCCC1. The molecule has 1 fully saturated rings. The highest BCUT2D eigenvalue weighted by molar-refractivity contribution is 6.06. The number of hydrogen-bond acceptors (Lipinski definition) is 3. The molecule has 6 nitrogen and oxygen atoms in total. The fourth-order valence-electron chi connectivity index (χ4n) is 3.69. The molecular weight excluding hydrogens is 380 g/mol. The Bertz CT molecular complexity index is 945. The lowest BCUT2D eigenvalue weighted by Crippen LogP contribution is -2.41. The number of urea groups is 1. The number of likely N-dealkylation sites (tertiary alicyclic amines) is 1. The lowest BCUT2D eigenvalue weighted by atomic mass is 9.97. The van der Waals surface area contributed by atoms with Gasteiger partial charge in [0.05, 0.1) is 18.2 Å². The molecular formula is C21H21F2N3O3. The number of halogens is 2. The molecule has 0 aliphatic carbocycles. The molecule has 0 spiro atoms. The lowest BCUT2D eigenvalue weighted by Gasteiger charge is -2.29. The molecule has 0 saturated carbocycles. The molecule has 3 amide bonds. The summed E-state index contributed by atoms with van der Waals surface area (Å²) in [4.78, 5) is 27.0. The second kappa shape index (κ2) is 8.06. The molecule has 2 aromatic rings. The van der Waals surface area contributed by atoms with Crippen molar-refractivity contribution >= 4 is 17.6 Å². The molecule has 2 aliphatic rings. The van der Waals surface area contributed by atoms with E-state index in [2.05, 4.69) is 10.6 Å². The van der Waals surface area contributed by atoms with Crippen LogP contribution in [0.5, 0.6) is 5.75 Å². The highest BCUT2D eigenvalue weighted by Crippen LogP contribution is 2.35. The van der Waals surface area contributed by atoms with Gasteiger partial charge in [-0.25, -0.2) is 13.6 Å². The third-order valence-electron chi connectivity index (χ3n) is 5.19. The monoisotopic (exact) mass is 401 g/mol. The molecule has 1 unspecified atom stereocenters. The van der Waals surface area contributed by atoms with Crippen LogP contribution >= 0.6 is 0 Å². The van der Waals surface area contributed by atoms with Gasteiger partial charge in [-0.05, 0) is 31.0 Å². The summed E-state index contributed by atoms with van der Waals surface area (Å²) in [6.07, 6.45) is 2.61. The van der Waals surface area contributed by atoms with Crippen LogP contribution in [0.15, 0.2) is 36.4 Å². The summed E-state index contributed by atoms with van der Waals surface area (Å²) in [6.45, 7) is 1.85. The maximum absolute atomic E-state index is 13.4. The van der Waals surface area contributed by atoms with Gasteiger partial charge in [0.2, 0.25) is 0 Å². The molecule has 2 heterocycles. The first-order chi connectivity index (χ1) is 14.0. The lowest BCUT2D eigenvalue weighted by molar-refractivity contribution is 0.102. The third-order valence-corrected chi connectivity index (χ3v) is 5.19. The quantitative estimate of drug-likeness (QED) is 0.821. The van der Waals surface area contributed by atoms with Gasteiger partial charge >= 0.3 is 6.03 Å². The number of carbonyl (C=O) groups is 2. The third kappa shape index (κ3) is 4.01. The molecule has 2 N–H and O–H groups in total. The largest absolute Gasteiger partial charge is 0.492 e. The van der Waals surface area contributed by atoms with Crippen molar-refractivity contribution in [2.75, 3.05) is 25.0 Å². The molecule has 2 aromatic carbocycles. The van der Waals surface area contributed by atoms with E-state index in [1.807, 2.05) is 6.07 Å². The van der Waals surface area contributed by atoms with Crippen LogP contribution in [0.2, 0.25) is 0 Å². The topological polar surface area (TPSA) is 70.7 Å². The van der Waals surface area contributed by atoms with Gasteiger partial charge in [0.25, 0.3) is 5.91 Å². The Labute approximate surface area is 166 Å². The normalized spacial score (nSPS) is 18.0. The average molecular weight is 401 g/mol. The first-order valence-corrected chi connectivity index (χ1v) is 9.60. The Morgan fingerprint density at radius 2 is 1.86 bits per heavy atom. The van der Waals surface area contributed by atoms with E-state index in [1.165, 1.54) is 6.07 Å². The van der Waals surface area contributed by atoms with Crippen LogP contribution in [0.25, 0.3) is 0 Å². The van der Waals surface area contributed by atoms with Crippen LogP contribution in [-0.2, 0) is 0 Å². The van der Waals surface area contributed by atoms with Crippen LogP contribution in [0.1, 0.15) is 41.2 Å². The maximum Gasteiger partial charge on any atom is 0.317 e. The van der Waals surface area contributed by atoms with E-state index in [0.29, 0.717) is 18.8 Å². The van der Waals surface area contributed by atoms with Gasteiger partial charge in [-0.1, -0.05) is 12.1 Å². The number of nitrogens with zero attached hydrogens (tertiary/aromatic N) is 1. The van der Waals surface area contributed by atoms with E-state index in [4.69, 9.17) is 4.74 Å². The average Bonchev–Trinajstić information content (AvgIpc) is 3.25. The Morgan fingerprint density at radius 3 is 2.62 bits per heavy atom. The minimum atomic E-state index is -1.04. The van der Waals surface area contributed by atoms with E-state index < -0.39 is 17.5 Å². The molecule has 1 atom stereocenters. The van der Waals surface area contributed by atoms with Crippen molar-refractivity contribution < 1.29 is 23.1 Å². The van der Waals surface area contributed by atoms with Crippen molar-refractivity contribution in [2.45, 2.75) is 25.3 Å². The van der Waals surface area contributed by atoms with Crippen LogP contribution in [0.3, 0.4) is 0 Å². The van der Waals surface area contributed by atoms with Crippen LogP contribution in [-0.4, -0.2) is 36.5 Å². The van der Waals surface area contributed by atoms with Crippen molar-refractivity contribution in [2.24, 2.45) is 0 Å². The van der Waals surface area contributed by atoms with E-state index in [0.717, 1.165) is 43.6 Å². The smallest absolute Gasteiger partial charge is 0.317 e. The summed E-state index contributed by atoms with van der Waals surface area (Å²) in [5.74, 6) is -2.14. The van der Waals surface area contributed by atoms with E-state index in [-0.39, 0.29) is 23.3 Å². The standard InChI is InChI=1S/C21H21F2N3O3/c22-16-7-6-13(12-17(16)23)24-20(27)15-5-3-4-14-18(8-11-29-19(14)15)25-21(28)26-9-1-2-10-26/h3-7,12,18H,1-2,8-11H2,(H,24,27)(H,25,28). The number of fused-ring (bicyclic) bond motifs is 1. The minimum Gasteiger partial charge on any atom is -0.492 e. The first-order valence-electron chi connectivity index (χ1n) is 9.60. The molecule has 152 valence electrons. The molecule has 8 heteroatoms. The van der Waals surface area contributed by atoms with Crippen molar-refractivity contribution in [1.29, 1.82) is 0 Å². The number of ether oxygens (including phenoxy) is 1. The highest BCUT2D eigenvalue weighted by Gasteiger charge is 2.29. The summed E-state index contributed by atoms with van der Waals surface area (Å²) in [7, 11) is 0. The Balaban J connectivity index is 1.54. The molecule has 2 aliphatic heterocycles. The van der Waals surface area contributed by atoms with Gasteiger partial charge in [-0.2, -0.15) is 0 Å². The number of benzene rings is 2. The predicted octanol–water partition coefficient (Wildman–Crippen LogP) is 3.85. The number of amides is 3. The maximum atomic E-state index is 13.4. The van der Waals surface area contributed by atoms with Crippen LogP contribution < -0.4 is 15.4 Å². The number of rotatable bonds is 3. The van der Waals surface area contributed by atoms with E-state index in [9.17, 15) is 18.4 Å². The van der Waals surface area contributed by atoms with Crippen molar-refractivity contribution in [3.8, 4) is 5.75 Å². The Kier molecular flexibility index (Phi) is 5.33. The summed E-state index contributed by atoms with van der Waals surface area (Å²) < 4.78 is 32.2. The van der Waals surface area contributed by atoms with Crippen molar-refractivity contribution in [3.63, 3.8) is 0 Å². The summed E-state index contributed by atoms with van der Waals surface area (Å²) in [5.41, 5.74) is 1.13. The summed E-state index contributed by atoms with van der Waals surface area (Å²) in [5, 5.41) is 5.59. The molecule has 4 rings (SSSR count). The molecule has 0 bridgehead atoms. The first kappa shape index (κ1) is 19.2. The van der Waals surface area contributed by atoms with Gasteiger partial charge in [0, 0.05) is 36.8 Å². The van der Waals surface area contributed by atoms with Crippen molar-refractivity contribution in [1.82, 2.24) is 10.2 Å². The zero-order valence-corrected chi connectivity index (χ0v) is 15.7. The number of nitrogens with one attached hydrogen (secondary N) is 2. The molecule has 0 radical (unpaired) electrons. The number of anilines is 1. The summed E-state index contributed by atoms with van der Waals surface area (Å²) in [6, 6.07) is 7.90. The molecule has 29 heavy (non-hydrogen) atoms. The molecule has 0 aromatic heterocycles. The fraction of sp³-hybridized carbons (Fsp3) is 0.333. The number of hydrogen-bond donors (Lipinski definition) is 2. The second-order valence-corrected chi connectivity index (χ2v) is 7.14. The number of para-hydroxylation sites is 1. The van der Waals surface area contributed by atoms with Crippen molar-refractivity contribution in [3.05, 3.63) is 59.2 Å². The van der Waals surface area contributed by atoms with Crippen LogP contribution in [0.4, 0.5) is 19.3 Å². The van der Waals surface area contributed by atoms with E-state index in [1.54, 1.807) is 17.0 Å². The Hall–Kier alpha value is -3.16. The Morgan fingerprint density at radius 1 is 1.07 bits per heavy atom. The van der Waals surface area contributed by atoms with Gasteiger partial charge < -0.3 is 20.3 Å². The number of carbonyl (C=O) groups excluding carboxylic acids is 2. The van der Waals surface area contributed by atoms with Gasteiger partial charge in [-0.3, -0.25) is 4.79 Å². The zero-order valence-electron chi connectivity index (χ0n) is 15.7. The van der Waals surface area contributed by atoms with Gasteiger partial charge in [-0.15, -0.1) is 0 Å². The van der Waals surface area contributed by atoms with Gasteiger partial charge in [0.1, 0.15) is 5.75 Å². The van der Waals surface area contributed by atoms with Crippen LogP contribution in [0, 0.1) is 11.6 Å². The minimum absolute atomic E-state index is 0.114. The summed E-state index contributed by atoms with van der Waals surface area (Å²) >= 11 is 0. The fourth-order valence-corrected chi connectivity index (χ4v) is 3.69.